The van der Waals surface area contributed by atoms with Gasteiger partial charge in [-0.3, -0.25) is 14.5 Å². The van der Waals surface area contributed by atoms with Gasteiger partial charge in [0.05, 0.1) is 18.2 Å². The van der Waals surface area contributed by atoms with Gasteiger partial charge in [-0.15, -0.1) is 0 Å². The topological polar surface area (TPSA) is 121 Å². The number of allylic oxidation sites excluding steroid dienone is 1. The van der Waals surface area contributed by atoms with Gasteiger partial charge in [0.1, 0.15) is 36.1 Å². The number of fused-ring (bicyclic) bond motifs is 4. The second-order valence-electron chi connectivity index (χ2n) is 20.5. The number of hydrogen-bond acceptors (Lipinski definition) is 10. The monoisotopic (exact) mass is 894 g/mol. The van der Waals surface area contributed by atoms with Gasteiger partial charge >= 0.3 is 0 Å². The molecule has 0 bridgehead atoms. The van der Waals surface area contributed by atoms with Crippen LogP contribution in [0.3, 0.4) is 0 Å². The number of hydrogen-bond donors (Lipinski definition) is 1. The second-order valence-corrected chi connectivity index (χ2v) is 30.1. The number of aromatic nitrogens is 1. The summed E-state index contributed by atoms with van der Waals surface area (Å²) in [5.74, 6) is -3.13. The zero-order valence-electron chi connectivity index (χ0n) is 38.9. The number of carbonyl (C=O) groups is 2. The molecule has 0 radical (unpaired) electrons. The molecule has 0 aliphatic heterocycles. The van der Waals surface area contributed by atoms with Crippen molar-refractivity contribution in [3.63, 3.8) is 0 Å². The highest BCUT2D eigenvalue weighted by Gasteiger charge is 2.67. The Labute approximate surface area is 373 Å². The molecule has 1 unspecified atom stereocenters. The molecule has 4 aromatic rings. The molecular weight excluding hydrogens is 832 g/mol. The highest BCUT2D eigenvalue weighted by molar-refractivity contribution is 6.74. The van der Waals surface area contributed by atoms with Crippen LogP contribution in [0.15, 0.2) is 88.7 Å². The lowest BCUT2D eigenvalue weighted by Gasteiger charge is -2.55. The van der Waals surface area contributed by atoms with E-state index in [1.807, 2.05) is 98.8 Å². The molecule has 0 fully saturated rings. The van der Waals surface area contributed by atoms with Gasteiger partial charge in [0.15, 0.2) is 33.8 Å². The molecule has 0 spiro atoms. The van der Waals surface area contributed by atoms with E-state index in [4.69, 9.17) is 22.8 Å². The summed E-state index contributed by atoms with van der Waals surface area (Å²) in [4.78, 5) is 33.1. The number of benzene rings is 3. The normalized spacial score (nSPS) is 21.7. The number of Topliss-reactive ketones (excluding diaryl/α,β-unsaturated/α-hetero) is 2. The molecule has 3 aliphatic carbocycles. The lowest BCUT2D eigenvalue weighted by Crippen LogP contribution is -2.65. The zero-order valence-corrected chi connectivity index (χ0v) is 40.9. The van der Waals surface area contributed by atoms with E-state index in [0.29, 0.717) is 17.9 Å². The number of ketones is 2. The van der Waals surface area contributed by atoms with Gasteiger partial charge in [-0.25, -0.2) is 4.39 Å². The molecule has 0 saturated heterocycles. The molecule has 3 aromatic carbocycles. The molecule has 3 aliphatic rings. The minimum Gasteiger partial charge on any atom is -0.508 e. The smallest absolute Gasteiger partial charge is 0.265 e. The molecule has 336 valence electrons. The fourth-order valence-electron chi connectivity index (χ4n) is 8.64. The summed E-state index contributed by atoms with van der Waals surface area (Å²) in [6.45, 7) is 21.6. The van der Waals surface area contributed by atoms with Crippen molar-refractivity contribution in [3.8, 4) is 11.6 Å². The van der Waals surface area contributed by atoms with Gasteiger partial charge in [0.2, 0.25) is 5.78 Å². The summed E-state index contributed by atoms with van der Waals surface area (Å²) in [5, 5.41) is 17.0. The fourth-order valence-corrected chi connectivity index (χ4v) is 11.0. The molecule has 0 saturated carbocycles. The van der Waals surface area contributed by atoms with E-state index in [1.165, 1.54) is 6.07 Å². The van der Waals surface area contributed by atoms with E-state index >= 15 is 14.0 Å². The van der Waals surface area contributed by atoms with Crippen LogP contribution in [0.2, 0.25) is 36.3 Å². The third-order valence-corrected chi connectivity index (χ3v) is 23.1. The first-order chi connectivity index (χ1) is 29.5. The summed E-state index contributed by atoms with van der Waals surface area (Å²) in [6, 6.07) is 19.8. The second kappa shape index (κ2) is 17.0. The largest absolute Gasteiger partial charge is 0.508 e. The van der Waals surface area contributed by atoms with Crippen molar-refractivity contribution in [2.45, 2.75) is 116 Å². The maximum absolute atomic E-state index is 16.7. The van der Waals surface area contributed by atoms with Gasteiger partial charge in [-0.05, 0) is 91.5 Å². The van der Waals surface area contributed by atoms with Crippen LogP contribution in [0.1, 0.15) is 103 Å². The Balaban J connectivity index is 1.40. The van der Waals surface area contributed by atoms with E-state index in [2.05, 4.69) is 59.8 Å². The number of nitrogens with zero attached hydrogens (tertiary/aromatic N) is 2. The van der Waals surface area contributed by atoms with Crippen molar-refractivity contribution < 1.29 is 41.9 Å². The Kier molecular flexibility index (Phi) is 12.5. The van der Waals surface area contributed by atoms with Gasteiger partial charge in [0, 0.05) is 22.6 Å². The summed E-state index contributed by atoms with van der Waals surface area (Å²) in [7, 11) is -1.32. The Morgan fingerprint density at radius 1 is 0.889 bits per heavy atom. The highest BCUT2D eigenvalue weighted by Crippen LogP contribution is 2.60. The lowest BCUT2D eigenvalue weighted by atomic mass is 9.58. The third-order valence-electron chi connectivity index (χ3n) is 14.1. The molecular formula is C50H63FN2O8Si2. The summed E-state index contributed by atoms with van der Waals surface area (Å²) < 4.78 is 49.2. The molecule has 4 atom stereocenters. The standard InChI is InChI=1S/C50H63FN2O8Si2/c1-48(2,3)62(9,10)59-25-19-24-33-28-37(51)35-26-34-27-36-41(53(7)8)44-40(47(52-60-44)58-30-32-22-17-14-18-23-32)46(56)50(36,61-63(11,12)49(4,5)6)45(55)38(34)42(54)39(35)43(33)57-29-31-20-15-13-16-21-31/h13-24,28,34,36,41,55H,25-27,29-30H2,1-12H3/b24-19+/t34-,36-,41-,50?/m0/s1. The first-order valence-electron chi connectivity index (χ1n) is 21.9. The average Bonchev–Trinajstić information content (AvgIpc) is 3.63. The third kappa shape index (κ3) is 8.43. The molecule has 63 heavy (non-hydrogen) atoms. The predicted octanol–water partition coefficient (Wildman–Crippen LogP) is 11.5. The van der Waals surface area contributed by atoms with Crippen LogP contribution in [-0.4, -0.2) is 69.7 Å². The van der Waals surface area contributed by atoms with Crippen LogP contribution in [0, 0.1) is 17.7 Å². The van der Waals surface area contributed by atoms with Crippen molar-refractivity contribution in [3.05, 3.63) is 129 Å². The Morgan fingerprint density at radius 2 is 1.48 bits per heavy atom. The maximum atomic E-state index is 16.7. The van der Waals surface area contributed by atoms with Gasteiger partial charge in [0.25, 0.3) is 5.88 Å². The number of aliphatic hydroxyl groups excluding tert-OH is 1. The lowest BCUT2D eigenvalue weighted by molar-refractivity contribution is -0.0481. The Bertz CT molecular complexity index is 2430. The van der Waals surface area contributed by atoms with Gasteiger partial charge < -0.3 is 28.0 Å². The van der Waals surface area contributed by atoms with E-state index in [-0.39, 0.29) is 65.0 Å². The highest BCUT2D eigenvalue weighted by atomic mass is 28.4. The van der Waals surface area contributed by atoms with E-state index in [9.17, 15) is 5.11 Å². The summed E-state index contributed by atoms with van der Waals surface area (Å²) in [6.07, 6.45) is 3.86. The van der Waals surface area contributed by atoms with Gasteiger partial charge in [-0.2, -0.15) is 0 Å². The van der Waals surface area contributed by atoms with Crippen LogP contribution in [0.5, 0.6) is 11.6 Å². The first-order valence-corrected chi connectivity index (χ1v) is 27.7. The number of carbonyl (C=O) groups excluding carboxylic acids is 2. The minimum absolute atomic E-state index is 0.00913. The van der Waals surface area contributed by atoms with E-state index in [1.54, 1.807) is 6.08 Å². The Hall–Kier alpha value is -4.67. The quantitative estimate of drug-likeness (QED) is 0.130. The van der Waals surface area contributed by atoms with Crippen LogP contribution in [0.4, 0.5) is 4.39 Å². The predicted molar refractivity (Wildman–Crippen MR) is 248 cm³/mol. The SMILES string of the molecule is CN(C)[C@@H]1c2onc(OCc3ccccc3)c2C(=O)C2(O[Si](C)(C)C(C)(C)C)C(O)=C3C(=O)c4c(c(F)cc(/C=C/CO[Si](C)(C)C(C)(C)C)c4OCc4ccccc4)C[C@H]3C[C@@H]12. The molecule has 1 heterocycles. The minimum atomic E-state index is -2.96. The Morgan fingerprint density at radius 3 is 2.05 bits per heavy atom. The summed E-state index contributed by atoms with van der Waals surface area (Å²) in [5.41, 5.74) is 0.387. The van der Waals surface area contributed by atoms with E-state index < -0.39 is 68.3 Å². The summed E-state index contributed by atoms with van der Waals surface area (Å²) >= 11 is 0. The average molecular weight is 895 g/mol. The maximum Gasteiger partial charge on any atom is 0.265 e. The van der Waals surface area contributed by atoms with Crippen LogP contribution >= 0.6 is 0 Å². The van der Waals surface area contributed by atoms with Gasteiger partial charge in [-0.1, -0.05) is 114 Å². The van der Waals surface area contributed by atoms with Crippen molar-refractivity contribution in [2.75, 3.05) is 20.7 Å². The van der Waals surface area contributed by atoms with Crippen LogP contribution < -0.4 is 9.47 Å². The van der Waals surface area contributed by atoms with Crippen LogP contribution in [-0.2, 0) is 28.5 Å². The number of rotatable bonds is 13. The molecule has 0 amide bonds. The molecule has 13 heteroatoms. The number of aliphatic hydroxyl groups is 1. The van der Waals surface area contributed by atoms with Crippen molar-refractivity contribution >= 4 is 34.3 Å². The van der Waals surface area contributed by atoms with Crippen LogP contribution in [0.25, 0.3) is 6.08 Å². The fraction of sp³-hybridized carbons (Fsp3) is 0.460. The molecule has 10 nitrogen and oxygen atoms in total. The van der Waals surface area contributed by atoms with Crippen molar-refractivity contribution in [1.29, 1.82) is 0 Å². The number of halogens is 1. The van der Waals surface area contributed by atoms with E-state index in [0.717, 1.165) is 11.1 Å². The molecule has 1 aromatic heterocycles. The molecule has 1 N–H and O–H groups in total. The first kappa shape index (κ1) is 46.3. The van der Waals surface area contributed by atoms with Crippen molar-refractivity contribution in [2.24, 2.45) is 11.8 Å². The number of ether oxygens (including phenoxy) is 2. The zero-order chi connectivity index (χ0) is 45.9. The van der Waals surface area contributed by atoms with Crippen molar-refractivity contribution in [1.82, 2.24) is 10.1 Å². The molecule has 7 rings (SSSR count).